The van der Waals surface area contributed by atoms with Crippen molar-refractivity contribution in [2.75, 3.05) is 19.7 Å². The minimum absolute atomic E-state index is 0.157. The topological polar surface area (TPSA) is 12.5 Å². The Balaban J connectivity index is 2.71. The van der Waals surface area contributed by atoms with Crippen molar-refractivity contribution in [3.8, 4) is 0 Å². The number of rotatable bonds is 2. The highest BCUT2D eigenvalue weighted by Crippen LogP contribution is 2.23. The van der Waals surface area contributed by atoms with Gasteiger partial charge in [-0.15, -0.1) is 0 Å². The highest BCUT2D eigenvalue weighted by molar-refractivity contribution is 4.85. The molecule has 0 radical (unpaired) electrons. The van der Waals surface area contributed by atoms with Crippen molar-refractivity contribution in [3.63, 3.8) is 0 Å². The summed E-state index contributed by atoms with van der Waals surface area (Å²) in [5.74, 6) is 0.445. The molecule has 1 aliphatic heterocycles. The maximum Gasteiger partial charge on any atom is 0.144 e. The average molecular weight is 217 g/mol. The fourth-order valence-corrected chi connectivity index (χ4v) is 1.89. The smallest absolute Gasteiger partial charge is 0.144 e. The predicted octanol–water partition coefficient (Wildman–Crippen LogP) is 2.48. The zero-order valence-electron chi connectivity index (χ0n) is 10.6. The van der Waals surface area contributed by atoms with Crippen LogP contribution in [0.2, 0.25) is 0 Å². The van der Waals surface area contributed by atoms with Crippen LogP contribution >= 0.6 is 0 Å². The molecule has 0 aromatic carbocycles. The molecule has 1 heterocycles. The van der Waals surface area contributed by atoms with Gasteiger partial charge in [0.2, 0.25) is 0 Å². The summed E-state index contributed by atoms with van der Waals surface area (Å²) >= 11 is 0. The fourth-order valence-electron chi connectivity index (χ4n) is 1.89. The van der Waals surface area contributed by atoms with E-state index in [0.29, 0.717) is 18.5 Å². The molecule has 0 aromatic heterocycles. The maximum absolute atomic E-state index is 14.0. The average Bonchev–Trinajstić information content (AvgIpc) is 2.23. The molecule has 1 saturated heterocycles. The molecule has 1 rings (SSSR count). The van der Waals surface area contributed by atoms with Crippen molar-refractivity contribution in [2.45, 2.75) is 52.4 Å². The van der Waals surface area contributed by atoms with Crippen LogP contribution in [0, 0.1) is 5.92 Å². The van der Waals surface area contributed by atoms with Gasteiger partial charge in [0.1, 0.15) is 5.67 Å². The van der Waals surface area contributed by atoms with Crippen LogP contribution in [0.3, 0.4) is 0 Å². The third-order valence-corrected chi connectivity index (χ3v) is 3.02. The Hall–Kier alpha value is -0.150. The molecule has 0 bridgehead atoms. The number of hydrogen-bond acceptors (Lipinski definition) is 2. The molecule has 90 valence electrons. The van der Waals surface area contributed by atoms with Crippen LogP contribution in [0.4, 0.5) is 4.39 Å². The van der Waals surface area contributed by atoms with Crippen LogP contribution in [-0.2, 0) is 4.74 Å². The van der Waals surface area contributed by atoms with Crippen LogP contribution in [0.1, 0.15) is 34.6 Å². The summed E-state index contributed by atoms with van der Waals surface area (Å²) in [6, 6.07) is 0.378. The third-order valence-electron chi connectivity index (χ3n) is 3.02. The molecule has 0 N–H and O–H groups in total. The molecule has 0 saturated carbocycles. The van der Waals surface area contributed by atoms with Gasteiger partial charge in [0.25, 0.3) is 0 Å². The lowest BCUT2D eigenvalue weighted by Crippen LogP contribution is -2.43. The molecular formula is C12H24FNO. The van der Waals surface area contributed by atoms with E-state index in [1.807, 2.05) is 0 Å². The number of alkyl halides is 1. The summed E-state index contributed by atoms with van der Waals surface area (Å²) < 4.78 is 19.7. The molecule has 2 atom stereocenters. The number of halogens is 1. The molecule has 15 heavy (non-hydrogen) atoms. The first-order valence-corrected chi connectivity index (χ1v) is 5.86. The van der Waals surface area contributed by atoms with Crippen molar-refractivity contribution in [2.24, 2.45) is 5.92 Å². The van der Waals surface area contributed by atoms with E-state index in [9.17, 15) is 4.39 Å². The van der Waals surface area contributed by atoms with Crippen LogP contribution in [0.15, 0.2) is 0 Å². The van der Waals surface area contributed by atoms with Crippen LogP contribution < -0.4 is 0 Å². The maximum atomic E-state index is 14.0. The number of hydrogen-bond donors (Lipinski definition) is 0. The first kappa shape index (κ1) is 12.9. The Bertz CT molecular complexity index is 204. The molecule has 1 fully saturated rings. The lowest BCUT2D eigenvalue weighted by Gasteiger charge is -2.30. The SMILES string of the molecule is CC(C)[C@@H]1CN(C(C)C)C[C@@](C)(F)CO1. The Morgan fingerprint density at radius 1 is 1.33 bits per heavy atom. The summed E-state index contributed by atoms with van der Waals surface area (Å²) in [6.07, 6.45) is 0.157. The van der Waals surface area contributed by atoms with E-state index in [-0.39, 0.29) is 12.7 Å². The normalized spacial score (nSPS) is 34.8. The summed E-state index contributed by atoms with van der Waals surface area (Å²) in [6.45, 7) is 11.7. The lowest BCUT2D eigenvalue weighted by atomic mass is 10.1. The van der Waals surface area contributed by atoms with Gasteiger partial charge in [0.15, 0.2) is 0 Å². The molecule has 1 aliphatic rings. The third kappa shape index (κ3) is 3.72. The van der Waals surface area contributed by atoms with E-state index in [2.05, 4.69) is 32.6 Å². The van der Waals surface area contributed by atoms with E-state index in [4.69, 9.17) is 4.74 Å². The monoisotopic (exact) mass is 217 g/mol. The second-order valence-corrected chi connectivity index (χ2v) is 5.53. The molecule has 0 amide bonds. The fraction of sp³-hybridized carbons (Fsp3) is 1.00. The first-order valence-electron chi connectivity index (χ1n) is 5.86. The molecule has 0 aromatic rings. The van der Waals surface area contributed by atoms with E-state index in [1.54, 1.807) is 6.92 Å². The van der Waals surface area contributed by atoms with Crippen LogP contribution in [-0.4, -0.2) is 42.4 Å². The lowest BCUT2D eigenvalue weighted by molar-refractivity contribution is -0.0151. The number of ether oxygens (including phenoxy) is 1. The van der Waals surface area contributed by atoms with Crippen molar-refractivity contribution < 1.29 is 9.13 Å². The zero-order chi connectivity index (χ0) is 11.6. The molecule has 0 unspecified atom stereocenters. The second-order valence-electron chi connectivity index (χ2n) is 5.53. The van der Waals surface area contributed by atoms with E-state index in [0.717, 1.165) is 6.54 Å². The van der Waals surface area contributed by atoms with E-state index < -0.39 is 5.67 Å². The minimum Gasteiger partial charge on any atom is -0.373 e. The van der Waals surface area contributed by atoms with Gasteiger partial charge in [-0.3, -0.25) is 4.90 Å². The van der Waals surface area contributed by atoms with Gasteiger partial charge in [-0.25, -0.2) is 4.39 Å². The molecule has 0 aliphatic carbocycles. The zero-order valence-corrected chi connectivity index (χ0v) is 10.6. The van der Waals surface area contributed by atoms with E-state index in [1.165, 1.54) is 0 Å². The van der Waals surface area contributed by atoms with Crippen LogP contribution in [0.25, 0.3) is 0 Å². The van der Waals surface area contributed by atoms with Gasteiger partial charge >= 0.3 is 0 Å². The molecule has 0 spiro atoms. The van der Waals surface area contributed by atoms with E-state index >= 15 is 0 Å². The van der Waals surface area contributed by atoms with Crippen molar-refractivity contribution >= 4 is 0 Å². The van der Waals surface area contributed by atoms with Gasteiger partial charge in [0, 0.05) is 19.1 Å². The van der Waals surface area contributed by atoms with Gasteiger partial charge in [-0.05, 0) is 26.7 Å². The summed E-state index contributed by atoms with van der Waals surface area (Å²) in [5, 5.41) is 0. The largest absolute Gasteiger partial charge is 0.373 e. The van der Waals surface area contributed by atoms with Crippen molar-refractivity contribution in [1.82, 2.24) is 4.90 Å². The Labute approximate surface area is 92.8 Å². The van der Waals surface area contributed by atoms with Gasteiger partial charge in [-0.2, -0.15) is 0 Å². The minimum atomic E-state index is -1.21. The van der Waals surface area contributed by atoms with Crippen LogP contribution in [0.5, 0.6) is 0 Å². The Morgan fingerprint density at radius 2 is 1.93 bits per heavy atom. The van der Waals surface area contributed by atoms with Gasteiger partial charge in [-0.1, -0.05) is 13.8 Å². The van der Waals surface area contributed by atoms with Gasteiger partial charge < -0.3 is 4.74 Å². The quantitative estimate of drug-likeness (QED) is 0.704. The van der Waals surface area contributed by atoms with Crippen molar-refractivity contribution in [1.29, 1.82) is 0 Å². The second kappa shape index (κ2) is 4.79. The van der Waals surface area contributed by atoms with Crippen molar-refractivity contribution in [3.05, 3.63) is 0 Å². The Morgan fingerprint density at radius 3 is 2.40 bits per heavy atom. The molecule has 2 nitrogen and oxygen atoms in total. The summed E-state index contributed by atoms with van der Waals surface area (Å²) in [4.78, 5) is 2.18. The standard InChI is InChI=1S/C12H24FNO/c1-9(2)11-6-14(10(3)4)7-12(5,13)8-15-11/h9-11H,6-8H2,1-5H3/t11-,12+/m0/s1. The number of nitrogens with zero attached hydrogens (tertiary/aromatic N) is 1. The summed E-state index contributed by atoms with van der Waals surface area (Å²) in [5.41, 5.74) is -1.21. The van der Waals surface area contributed by atoms with Gasteiger partial charge in [0.05, 0.1) is 12.7 Å². The predicted molar refractivity (Wildman–Crippen MR) is 60.8 cm³/mol. The summed E-state index contributed by atoms with van der Waals surface area (Å²) in [7, 11) is 0. The first-order chi connectivity index (χ1) is 6.82. The Kier molecular flexibility index (Phi) is 4.13. The highest BCUT2D eigenvalue weighted by atomic mass is 19.1. The highest BCUT2D eigenvalue weighted by Gasteiger charge is 2.34. The molecule has 3 heteroatoms. The molecular weight excluding hydrogens is 193 g/mol.